The van der Waals surface area contributed by atoms with Gasteiger partial charge in [-0.3, -0.25) is 9.69 Å². The van der Waals surface area contributed by atoms with Gasteiger partial charge in [-0.15, -0.1) is 48.6 Å². The van der Waals surface area contributed by atoms with Crippen LogP contribution in [0.2, 0.25) is 0 Å². The molecule has 146 valence electrons. The Kier molecular flexibility index (Phi) is 12.1. The van der Waals surface area contributed by atoms with E-state index in [1.807, 2.05) is 31.2 Å². The molecule has 1 saturated heterocycles. The number of amides is 1. The van der Waals surface area contributed by atoms with Gasteiger partial charge in [0, 0.05) is 43.8 Å². The van der Waals surface area contributed by atoms with Crippen LogP contribution < -0.4 is 10.6 Å². The summed E-state index contributed by atoms with van der Waals surface area (Å²) in [5.41, 5.74) is 3.08. The van der Waals surface area contributed by atoms with Crippen molar-refractivity contribution in [2.75, 3.05) is 31.5 Å². The highest BCUT2D eigenvalue weighted by atomic mass is 35.5. The fraction of sp³-hybridized carbons (Fsp3) is 0.412. The lowest BCUT2D eigenvalue weighted by Gasteiger charge is -2.26. The Morgan fingerprint density at radius 3 is 2.50 bits per heavy atom. The number of hydrogen-bond donors (Lipinski definition) is 2. The van der Waals surface area contributed by atoms with Crippen molar-refractivity contribution in [1.29, 1.82) is 0 Å². The van der Waals surface area contributed by atoms with E-state index in [0.29, 0.717) is 6.42 Å². The van der Waals surface area contributed by atoms with Crippen LogP contribution in [0.25, 0.3) is 0 Å². The fourth-order valence-corrected chi connectivity index (χ4v) is 3.36. The predicted molar refractivity (Wildman–Crippen MR) is 116 cm³/mol. The van der Waals surface area contributed by atoms with E-state index < -0.39 is 0 Å². The van der Waals surface area contributed by atoms with E-state index in [1.165, 1.54) is 5.56 Å². The van der Waals surface area contributed by atoms with Crippen LogP contribution in [-0.2, 0) is 17.8 Å². The van der Waals surface area contributed by atoms with E-state index in [4.69, 9.17) is 0 Å². The first-order valence-corrected chi connectivity index (χ1v) is 8.80. The van der Waals surface area contributed by atoms with Crippen LogP contribution in [0.4, 0.5) is 5.69 Å². The number of rotatable bonds is 5. The quantitative estimate of drug-likeness (QED) is 0.750. The third kappa shape index (κ3) is 7.78. The second kappa shape index (κ2) is 12.5. The van der Waals surface area contributed by atoms with Crippen molar-refractivity contribution in [2.45, 2.75) is 19.9 Å². The Morgan fingerprint density at radius 2 is 1.85 bits per heavy atom. The van der Waals surface area contributed by atoms with Crippen LogP contribution in [0.15, 0.2) is 29.6 Å². The molecule has 2 heterocycles. The van der Waals surface area contributed by atoms with Gasteiger partial charge in [0.1, 0.15) is 5.01 Å². The third-order valence-corrected chi connectivity index (χ3v) is 4.74. The normalized spacial score (nSPS) is 13.7. The molecular weight excluding hydrogens is 415 g/mol. The second-order valence-corrected chi connectivity index (χ2v) is 6.79. The number of thiazole rings is 1. The first kappa shape index (κ1) is 25.1. The van der Waals surface area contributed by atoms with Crippen LogP contribution in [-0.4, -0.2) is 42.0 Å². The highest BCUT2D eigenvalue weighted by molar-refractivity contribution is 7.09. The molecule has 1 aromatic heterocycles. The van der Waals surface area contributed by atoms with Gasteiger partial charge in [0.2, 0.25) is 5.91 Å². The molecule has 0 saturated carbocycles. The summed E-state index contributed by atoms with van der Waals surface area (Å²) in [5.74, 6) is -0.0167. The number of halogens is 3. The Balaban J connectivity index is 0.00000208. The molecule has 9 heteroatoms. The zero-order valence-corrected chi connectivity index (χ0v) is 17.8. The maximum absolute atomic E-state index is 12.1. The number of nitrogens with zero attached hydrogens (tertiary/aromatic N) is 2. The van der Waals surface area contributed by atoms with E-state index in [9.17, 15) is 4.79 Å². The van der Waals surface area contributed by atoms with Crippen molar-refractivity contribution in [1.82, 2.24) is 15.2 Å². The molecule has 0 atom stereocenters. The van der Waals surface area contributed by atoms with Crippen LogP contribution in [0.3, 0.4) is 0 Å². The zero-order chi connectivity index (χ0) is 16.1. The molecule has 0 unspecified atom stereocenters. The molecule has 3 rings (SSSR count). The number of aryl methyl sites for hydroxylation is 1. The lowest BCUT2D eigenvalue weighted by atomic mass is 10.2. The first-order valence-electron chi connectivity index (χ1n) is 7.92. The Labute approximate surface area is 177 Å². The molecule has 26 heavy (non-hydrogen) atoms. The van der Waals surface area contributed by atoms with Crippen LogP contribution in [0, 0.1) is 6.92 Å². The molecule has 0 radical (unpaired) electrons. The number of carbonyl (C=O) groups excluding carboxylic acids is 1. The first-order chi connectivity index (χ1) is 11.2. The summed E-state index contributed by atoms with van der Waals surface area (Å²) in [4.78, 5) is 19.1. The molecule has 1 amide bonds. The maximum Gasteiger partial charge on any atom is 0.231 e. The van der Waals surface area contributed by atoms with E-state index in [0.717, 1.165) is 49.1 Å². The maximum atomic E-state index is 12.1. The average molecular weight is 440 g/mol. The smallest absolute Gasteiger partial charge is 0.231 e. The highest BCUT2D eigenvalue weighted by Crippen LogP contribution is 2.14. The molecule has 5 nitrogen and oxygen atoms in total. The topological polar surface area (TPSA) is 57.3 Å². The van der Waals surface area contributed by atoms with E-state index in [-0.39, 0.29) is 43.1 Å². The van der Waals surface area contributed by atoms with Crippen molar-refractivity contribution in [3.8, 4) is 0 Å². The average Bonchev–Trinajstić information content (AvgIpc) is 2.97. The highest BCUT2D eigenvalue weighted by Gasteiger charge is 2.13. The van der Waals surface area contributed by atoms with Gasteiger partial charge in [0.05, 0.1) is 12.1 Å². The number of benzene rings is 1. The number of nitrogens with one attached hydrogen (secondary N) is 2. The van der Waals surface area contributed by atoms with Gasteiger partial charge in [-0.05, 0) is 19.1 Å². The molecule has 0 aliphatic carbocycles. The standard InChI is InChI=1S/C17H22N4OS.3ClH/c1-13-2-4-14(5-3-13)19-16(22)10-17-20-15(12-23-17)11-21-8-6-18-7-9-21;;;/h2-5,12,18H,6-11H2,1H3,(H,19,22);3*1H. The lowest BCUT2D eigenvalue weighted by molar-refractivity contribution is -0.115. The van der Waals surface area contributed by atoms with Crippen molar-refractivity contribution in [2.24, 2.45) is 0 Å². The number of piperazine rings is 1. The molecular formula is C17H25Cl3N4OS. The molecule has 0 spiro atoms. The summed E-state index contributed by atoms with van der Waals surface area (Å²) in [6.07, 6.45) is 0.333. The minimum absolute atomic E-state index is 0. The Bertz CT molecular complexity index is 660. The zero-order valence-electron chi connectivity index (χ0n) is 14.6. The van der Waals surface area contributed by atoms with Gasteiger partial charge >= 0.3 is 0 Å². The van der Waals surface area contributed by atoms with Crippen molar-refractivity contribution in [3.63, 3.8) is 0 Å². The van der Waals surface area contributed by atoms with Gasteiger partial charge in [-0.2, -0.15) is 0 Å². The van der Waals surface area contributed by atoms with Gasteiger partial charge in [0.15, 0.2) is 0 Å². The van der Waals surface area contributed by atoms with E-state index in [2.05, 4.69) is 25.9 Å². The number of carbonyl (C=O) groups is 1. The van der Waals surface area contributed by atoms with E-state index >= 15 is 0 Å². The van der Waals surface area contributed by atoms with E-state index in [1.54, 1.807) is 11.3 Å². The van der Waals surface area contributed by atoms with Gasteiger partial charge in [-0.1, -0.05) is 17.7 Å². The van der Waals surface area contributed by atoms with Crippen LogP contribution >= 0.6 is 48.6 Å². The predicted octanol–water partition coefficient (Wildman–Crippen LogP) is 3.30. The Morgan fingerprint density at radius 1 is 1.19 bits per heavy atom. The molecule has 2 N–H and O–H groups in total. The van der Waals surface area contributed by atoms with Crippen molar-refractivity contribution in [3.05, 3.63) is 45.9 Å². The Hall–Kier alpha value is -0.890. The summed E-state index contributed by atoms with van der Waals surface area (Å²) in [6, 6.07) is 7.82. The van der Waals surface area contributed by atoms with Crippen molar-refractivity contribution >= 4 is 60.2 Å². The summed E-state index contributed by atoms with van der Waals surface area (Å²) < 4.78 is 0. The molecule has 0 bridgehead atoms. The molecule has 1 fully saturated rings. The number of aromatic nitrogens is 1. The van der Waals surface area contributed by atoms with Gasteiger partial charge in [0.25, 0.3) is 0 Å². The summed E-state index contributed by atoms with van der Waals surface area (Å²) in [6.45, 7) is 7.09. The monoisotopic (exact) mass is 438 g/mol. The van der Waals surface area contributed by atoms with Crippen molar-refractivity contribution < 1.29 is 4.79 Å². The van der Waals surface area contributed by atoms with Crippen LogP contribution in [0.5, 0.6) is 0 Å². The minimum Gasteiger partial charge on any atom is -0.326 e. The van der Waals surface area contributed by atoms with Gasteiger partial charge in [-0.25, -0.2) is 4.98 Å². The molecule has 1 aromatic carbocycles. The lowest BCUT2D eigenvalue weighted by Crippen LogP contribution is -2.42. The largest absolute Gasteiger partial charge is 0.326 e. The molecule has 1 aliphatic rings. The fourth-order valence-electron chi connectivity index (χ4n) is 2.58. The third-order valence-electron chi connectivity index (χ3n) is 3.84. The van der Waals surface area contributed by atoms with Crippen LogP contribution in [0.1, 0.15) is 16.3 Å². The van der Waals surface area contributed by atoms with Gasteiger partial charge < -0.3 is 10.6 Å². The SMILES string of the molecule is Cc1ccc(NC(=O)Cc2nc(CN3CCNCC3)cs2)cc1.Cl.Cl.Cl. The summed E-state index contributed by atoms with van der Waals surface area (Å²) >= 11 is 1.57. The summed E-state index contributed by atoms with van der Waals surface area (Å²) in [7, 11) is 0. The number of anilines is 1. The molecule has 2 aromatic rings. The second-order valence-electron chi connectivity index (χ2n) is 5.85. The minimum atomic E-state index is -0.0167. The molecule has 1 aliphatic heterocycles. The number of hydrogen-bond acceptors (Lipinski definition) is 5. The summed E-state index contributed by atoms with van der Waals surface area (Å²) in [5, 5.41) is 9.20.